The fourth-order valence-electron chi connectivity index (χ4n) is 1.79. The van der Waals surface area contributed by atoms with E-state index in [-0.39, 0.29) is 6.10 Å². The van der Waals surface area contributed by atoms with Crippen LogP contribution in [0.3, 0.4) is 0 Å². The number of ether oxygens (including phenoxy) is 1. The maximum Gasteiger partial charge on any atom is 0.335 e. The standard InChI is InChI=1S/C16H16O3/c1-12(14-5-3-2-4-6-14)19-11-13-7-9-15(10-8-13)16(17)18/h2-10,12H,11H2,1H3,(H,17,18). The summed E-state index contributed by atoms with van der Waals surface area (Å²) in [6.07, 6.45) is 0.0142. The van der Waals surface area contributed by atoms with Crippen molar-refractivity contribution in [1.82, 2.24) is 0 Å². The molecule has 0 saturated carbocycles. The second-order valence-corrected chi connectivity index (χ2v) is 4.37. The van der Waals surface area contributed by atoms with E-state index in [4.69, 9.17) is 9.84 Å². The van der Waals surface area contributed by atoms with Gasteiger partial charge in [0.15, 0.2) is 0 Å². The first-order valence-corrected chi connectivity index (χ1v) is 6.15. The van der Waals surface area contributed by atoms with Crippen molar-refractivity contribution in [2.75, 3.05) is 0 Å². The largest absolute Gasteiger partial charge is 0.478 e. The van der Waals surface area contributed by atoms with Crippen molar-refractivity contribution in [2.45, 2.75) is 19.6 Å². The molecule has 0 aliphatic heterocycles. The van der Waals surface area contributed by atoms with E-state index in [9.17, 15) is 4.79 Å². The number of aromatic carboxylic acids is 1. The molecule has 0 radical (unpaired) electrons. The maximum atomic E-state index is 10.7. The van der Waals surface area contributed by atoms with E-state index < -0.39 is 5.97 Å². The lowest BCUT2D eigenvalue weighted by molar-refractivity contribution is 0.0525. The van der Waals surface area contributed by atoms with Crippen molar-refractivity contribution < 1.29 is 14.6 Å². The van der Waals surface area contributed by atoms with Crippen LogP contribution in [-0.2, 0) is 11.3 Å². The molecule has 3 nitrogen and oxygen atoms in total. The van der Waals surface area contributed by atoms with E-state index in [1.54, 1.807) is 24.3 Å². The van der Waals surface area contributed by atoms with Gasteiger partial charge in [-0.25, -0.2) is 4.79 Å². The minimum atomic E-state index is -0.912. The van der Waals surface area contributed by atoms with Crippen LogP contribution in [0.4, 0.5) is 0 Å². The zero-order chi connectivity index (χ0) is 13.7. The predicted octanol–water partition coefficient (Wildman–Crippen LogP) is 3.66. The lowest BCUT2D eigenvalue weighted by atomic mass is 10.1. The molecule has 98 valence electrons. The molecule has 0 amide bonds. The molecule has 0 aliphatic carbocycles. The highest BCUT2D eigenvalue weighted by atomic mass is 16.5. The Morgan fingerprint density at radius 3 is 2.32 bits per heavy atom. The number of hydrogen-bond acceptors (Lipinski definition) is 2. The average Bonchev–Trinajstić information content (AvgIpc) is 2.46. The van der Waals surface area contributed by atoms with Gasteiger partial charge in [-0.1, -0.05) is 42.5 Å². The number of carboxylic acid groups (broad SMARTS) is 1. The van der Waals surface area contributed by atoms with E-state index in [0.717, 1.165) is 11.1 Å². The van der Waals surface area contributed by atoms with Crippen molar-refractivity contribution in [3.63, 3.8) is 0 Å². The summed E-state index contributed by atoms with van der Waals surface area (Å²) in [4.78, 5) is 10.7. The van der Waals surface area contributed by atoms with E-state index in [0.29, 0.717) is 12.2 Å². The van der Waals surface area contributed by atoms with Gasteiger partial charge in [-0.15, -0.1) is 0 Å². The molecule has 2 aromatic rings. The van der Waals surface area contributed by atoms with Gasteiger partial charge in [0.2, 0.25) is 0 Å². The predicted molar refractivity (Wildman–Crippen MR) is 73.0 cm³/mol. The van der Waals surface area contributed by atoms with Gasteiger partial charge < -0.3 is 9.84 Å². The fourth-order valence-corrected chi connectivity index (χ4v) is 1.79. The number of benzene rings is 2. The molecule has 2 rings (SSSR count). The molecule has 3 heteroatoms. The summed E-state index contributed by atoms with van der Waals surface area (Å²) < 4.78 is 5.77. The first-order chi connectivity index (χ1) is 9.16. The van der Waals surface area contributed by atoms with Crippen molar-refractivity contribution in [3.8, 4) is 0 Å². The molecule has 0 spiro atoms. The van der Waals surface area contributed by atoms with Crippen LogP contribution < -0.4 is 0 Å². The van der Waals surface area contributed by atoms with Gasteiger partial charge in [-0.3, -0.25) is 0 Å². The number of hydrogen-bond donors (Lipinski definition) is 1. The first-order valence-electron chi connectivity index (χ1n) is 6.15. The first kappa shape index (κ1) is 13.3. The topological polar surface area (TPSA) is 46.5 Å². The molecular weight excluding hydrogens is 240 g/mol. The zero-order valence-electron chi connectivity index (χ0n) is 10.7. The summed E-state index contributed by atoms with van der Waals surface area (Å²) in [6.45, 7) is 2.47. The van der Waals surface area contributed by atoms with Crippen LogP contribution in [0.2, 0.25) is 0 Å². The molecule has 1 N–H and O–H groups in total. The number of rotatable bonds is 5. The second kappa shape index (κ2) is 6.16. The van der Waals surface area contributed by atoms with E-state index >= 15 is 0 Å². The van der Waals surface area contributed by atoms with Crippen LogP contribution in [0.25, 0.3) is 0 Å². The van der Waals surface area contributed by atoms with E-state index in [2.05, 4.69) is 0 Å². The van der Waals surface area contributed by atoms with Gasteiger partial charge >= 0.3 is 5.97 Å². The van der Waals surface area contributed by atoms with Crippen molar-refractivity contribution in [3.05, 3.63) is 71.3 Å². The molecule has 19 heavy (non-hydrogen) atoms. The SMILES string of the molecule is CC(OCc1ccc(C(=O)O)cc1)c1ccccc1. The van der Waals surface area contributed by atoms with Gasteiger partial charge in [0.1, 0.15) is 0 Å². The Hall–Kier alpha value is -2.13. The Bertz CT molecular complexity index is 532. The Morgan fingerprint density at radius 1 is 1.11 bits per heavy atom. The highest BCUT2D eigenvalue weighted by molar-refractivity contribution is 5.87. The summed E-state index contributed by atoms with van der Waals surface area (Å²) in [7, 11) is 0. The van der Waals surface area contributed by atoms with Crippen molar-refractivity contribution >= 4 is 5.97 Å². The molecule has 0 heterocycles. The summed E-state index contributed by atoms with van der Waals surface area (Å²) in [5, 5.41) is 8.81. The molecule has 0 saturated heterocycles. The normalized spacial score (nSPS) is 12.1. The molecule has 0 aliphatic rings. The Balaban J connectivity index is 1.93. The van der Waals surface area contributed by atoms with Gasteiger partial charge in [0.25, 0.3) is 0 Å². The third-order valence-electron chi connectivity index (χ3n) is 2.97. The van der Waals surface area contributed by atoms with Gasteiger partial charge in [-0.05, 0) is 30.2 Å². The maximum absolute atomic E-state index is 10.7. The molecule has 0 fully saturated rings. The van der Waals surface area contributed by atoms with Gasteiger partial charge in [0.05, 0.1) is 18.3 Å². The molecule has 1 unspecified atom stereocenters. The van der Waals surface area contributed by atoms with Crippen molar-refractivity contribution in [1.29, 1.82) is 0 Å². The molecule has 2 aromatic carbocycles. The minimum absolute atomic E-state index is 0.0142. The van der Waals surface area contributed by atoms with Crippen LogP contribution in [0.1, 0.15) is 34.5 Å². The van der Waals surface area contributed by atoms with Crippen LogP contribution in [-0.4, -0.2) is 11.1 Å². The Kier molecular flexibility index (Phi) is 4.31. The molecule has 1 atom stereocenters. The van der Waals surface area contributed by atoms with Crippen LogP contribution in [0.5, 0.6) is 0 Å². The quantitative estimate of drug-likeness (QED) is 0.888. The fraction of sp³-hybridized carbons (Fsp3) is 0.188. The third kappa shape index (κ3) is 3.66. The van der Waals surface area contributed by atoms with Crippen LogP contribution >= 0.6 is 0 Å². The highest BCUT2D eigenvalue weighted by Gasteiger charge is 2.06. The Morgan fingerprint density at radius 2 is 1.74 bits per heavy atom. The number of carboxylic acids is 1. The zero-order valence-corrected chi connectivity index (χ0v) is 10.7. The Labute approximate surface area is 112 Å². The summed E-state index contributed by atoms with van der Waals surface area (Å²) in [5.41, 5.74) is 2.39. The van der Waals surface area contributed by atoms with Crippen molar-refractivity contribution in [2.24, 2.45) is 0 Å². The van der Waals surface area contributed by atoms with Crippen LogP contribution in [0.15, 0.2) is 54.6 Å². The summed E-state index contributed by atoms with van der Waals surface area (Å²) in [5.74, 6) is -0.912. The average molecular weight is 256 g/mol. The molecular formula is C16H16O3. The lowest BCUT2D eigenvalue weighted by Gasteiger charge is -2.13. The van der Waals surface area contributed by atoms with E-state index in [1.807, 2.05) is 37.3 Å². The van der Waals surface area contributed by atoms with E-state index in [1.165, 1.54) is 0 Å². The third-order valence-corrected chi connectivity index (χ3v) is 2.97. The summed E-state index contributed by atoms with van der Waals surface area (Å²) in [6, 6.07) is 16.7. The van der Waals surface area contributed by atoms with Gasteiger partial charge in [0, 0.05) is 0 Å². The molecule has 0 bridgehead atoms. The highest BCUT2D eigenvalue weighted by Crippen LogP contribution is 2.18. The van der Waals surface area contributed by atoms with Crippen LogP contribution in [0, 0.1) is 0 Å². The smallest absolute Gasteiger partial charge is 0.335 e. The van der Waals surface area contributed by atoms with Gasteiger partial charge in [-0.2, -0.15) is 0 Å². The lowest BCUT2D eigenvalue weighted by Crippen LogP contribution is -2.01. The number of carbonyl (C=O) groups is 1. The minimum Gasteiger partial charge on any atom is -0.478 e. The second-order valence-electron chi connectivity index (χ2n) is 4.37. The summed E-state index contributed by atoms with van der Waals surface area (Å²) >= 11 is 0. The monoisotopic (exact) mass is 256 g/mol. The molecule has 0 aromatic heterocycles.